The maximum absolute atomic E-state index is 10.8. The summed E-state index contributed by atoms with van der Waals surface area (Å²) < 4.78 is 11.8. The topological polar surface area (TPSA) is 87.6 Å². The van der Waals surface area contributed by atoms with Crippen molar-refractivity contribution in [2.45, 2.75) is 6.54 Å². The molecule has 0 radical (unpaired) electrons. The molecule has 0 aliphatic rings. The Hall–Kier alpha value is -1.57. The zero-order valence-electron chi connectivity index (χ0n) is 12.8. The lowest BCUT2D eigenvalue weighted by Gasteiger charge is -2.02. The van der Waals surface area contributed by atoms with E-state index in [2.05, 4.69) is 31.9 Å². The number of nitrogens with two attached hydrogens (primary N) is 2. The van der Waals surface area contributed by atoms with Crippen molar-refractivity contribution in [1.82, 2.24) is 0 Å². The molecule has 0 aliphatic carbocycles. The molecule has 4 N–H and O–H groups in total. The summed E-state index contributed by atoms with van der Waals surface area (Å²) in [6, 6.07) is 10.8. The second kappa shape index (κ2) is 9.54. The summed E-state index contributed by atoms with van der Waals surface area (Å²) in [6.07, 6.45) is 0. The molecule has 0 fully saturated rings. The van der Waals surface area contributed by atoms with Crippen LogP contribution in [0.3, 0.4) is 0 Å². The Bertz CT molecular complexity index is 656. The number of halogens is 2. The normalized spacial score (nSPS) is 9.61. The number of hydrogen-bond acceptors (Lipinski definition) is 4. The molecule has 5 nitrogen and oxygen atoms in total. The lowest BCUT2D eigenvalue weighted by atomic mass is 10.2. The summed E-state index contributed by atoms with van der Waals surface area (Å²) in [7, 11) is 3.18. The third-order valence-corrected chi connectivity index (χ3v) is 3.71. The number of hydrogen-bond donors (Lipinski definition) is 2. The predicted molar refractivity (Wildman–Crippen MR) is 97.8 cm³/mol. The van der Waals surface area contributed by atoms with Crippen molar-refractivity contribution in [3.63, 3.8) is 0 Å². The number of rotatable bonds is 4. The van der Waals surface area contributed by atoms with Crippen LogP contribution in [-0.2, 0) is 6.54 Å². The first-order valence-corrected chi connectivity index (χ1v) is 8.16. The molecule has 0 aliphatic heterocycles. The average molecular weight is 446 g/mol. The molecule has 23 heavy (non-hydrogen) atoms. The second-order valence-corrected chi connectivity index (χ2v) is 6.28. The Kier molecular flexibility index (Phi) is 8.08. The maximum atomic E-state index is 10.8. The summed E-state index contributed by atoms with van der Waals surface area (Å²) in [5.74, 6) is 0.979. The highest BCUT2D eigenvalue weighted by Crippen LogP contribution is 2.21. The van der Waals surface area contributed by atoms with E-state index in [1.54, 1.807) is 25.3 Å². The number of carbonyl (C=O) groups is 1. The van der Waals surface area contributed by atoms with Gasteiger partial charge in [-0.1, -0.05) is 31.9 Å². The van der Waals surface area contributed by atoms with Gasteiger partial charge >= 0.3 is 0 Å². The quantitative estimate of drug-likeness (QED) is 0.754. The Morgan fingerprint density at radius 3 is 1.96 bits per heavy atom. The molecule has 7 heteroatoms. The standard InChI is InChI=1S/C8H8BrNO2.C8H10BrNO/c1-12-7-3-5(8(10)11)2-6(9)4-7;1-11-8-3-6(5-10)2-7(9)4-8/h2-4H,1H3,(H2,10,11);2-4H,5,10H2,1H3. The van der Waals surface area contributed by atoms with E-state index in [1.165, 1.54) is 7.11 Å². The fraction of sp³-hybridized carbons (Fsp3) is 0.188. The van der Waals surface area contributed by atoms with Gasteiger partial charge in [0, 0.05) is 21.1 Å². The monoisotopic (exact) mass is 444 g/mol. The van der Waals surface area contributed by atoms with Crippen molar-refractivity contribution < 1.29 is 14.3 Å². The fourth-order valence-electron chi connectivity index (χ4n) is 1.68. The van der Waals surface area contributed by atoms with Crippen molar-refractivity contribution >= 4 is 37.8 Å². The van der Waals surface area contributed by atoms with E-state index in [9.17, 15) is 4.79 Å². The minimum atomic E-state index is -0.463. The zero-order chi connectivity index (χ0) is 17.4. The smallest absolute Gasteiger partial charge is 0.248 e. The van der Waals surface area contributed by atoms with Gasteiger partial charge in [-0.05, 0) is 42.0 Å². The Morgan fingerprint density at radius 2 is 1.48 bits per heavy atom. The van der Waals surface area contributed by atoms with Gasteiger partial charge in [0.2, 0.25) is 5.91 Å². The lowest BCUT2D eigenvalue weighted by Crippen LogP contribution is -2.10. The molecular weight excluding hydrogens is 428 g/mol. The molecule has 0 bridgehead atoms. The highest BCUT2D eigenvalue weighted by molar-refractivity contribution is 9.10. The van der Waals surface area contributed by atoms with Crippen molar-refractivity contribution in [3.05, 3.63) is 56.5 Å². The molecule has 124 valence electrons. The number of methoxy groups -OCH3 is 2. The zero-order valence-corrected chi connectivity index (χ0v) is 16.0. The van der Waals surface area contributed by atoms with Crippen LogP contribution in [0, 0.1) is 0 Å². The van der Waals surface area contributed by atoms with E-state index in [4.69, 9.17) is 20.9 Å². The molecule has 2 aromatic carbocycles. The third-order valence-electron chi connectivity index (χ3n) is 2.79. The number of amides is 1. The summed E-state index contributed by atoms with van der Waals surface area (Å²) in [5.41, 5.74) is 12.1. The number of benzene rings is 2. The summed E-state index contributed by atoms with van der Waals surface area (Å²) in [6.45, 7) is 0.538. The predicted octanol–water partition coefficient (Wildman–Crippen LogP) is 3.47. The minimum Gasteiger partial charge on any atom is -0.497 e. The molecule has 0 heterocycles. The summed E-state index contributed by atoms with van der Waals surface area (Å²) >= 11 is 6.59. The average Bonchev–Trinajstić information content (AvgIpc) is 2.54. The largest absolute Gasteiger partial charge is 0.497 e. The summed E-state index contributed by atoms with van der Waals surface area (Å²) in [5, 5.41) is 0. The van der Waals surface area contributed by atoms with Gasteiger partial charge in [-0.15, -0.1) is 0 Å². The number of carbonyl (C=O) groups excluding carboxylic acids is 1. The molecule has 2 aromatic rings. The van der Waals surface area contributed by atoms with Crippen molar-refractivity contribution in [1.29, 1.82) is 0 Å². The van der Waals surface area contributed by atoms with Crippen molar-refractivity contribution in [2.75, 3.05) is 14.2 Å². The van der Waals surface area contributed by atoms with E-state index >= 15 is 0 Å². The molecular formula is C16H18Br2N2O3. The number of ether oxygens (including phenoxy) is 2. The van der Waals surface area contributed by atoms with Crippen LogP contribution in [0.15, 0.2) is 45.3 Å². The van der Waals surface area contributed by atoms with Crippen molar-refractivity contribution in [3.8, 4) is 11.5 Å². The van der Waals surface area contributed by atoms with Crippen LogP contribution < -0.4 is 20.9 Å². The van der Waals surface area contributed by atoms with Crippen LogP contribution in [0.1, 0.15) is 15.9 Å². The highest BCUT2D eigenvalue weighted by atomic mass is 79.9. The maximum Gasteiger partial charge on any atom is 0.248 e. The van der Waals surface area contributed by atoms with Crippen LogP contribution in [0.25, 0.3) is 0 Å². The van der Waals surface area contributed by atoms with Gasteiger partial charge < -0.3 is 20.9 Å². The molecule has 0 aromatic heterocycles. The van der Waals surface area contributed by atoms with Gasteiger partial charge in [0.05, 0.1) is 14.2 Å². The van der Waals surface area contributed by atoms with Gasteiger partial charge in [-0.25, -0.2) is 0 Å². The van der Waals surface area contributed by atoms with Crippen LogP contribution in [0.4, 0.5) is 0 Å². The van der Waals surface area contributed by atoms with Gasteiger partial charge in [-0.2, -0.15) is 0 Å². The first-order valence-electron chi connectivity index (χ1n) is 6.57. The van der Waals surface area contributed by atoms with Gasteiger partial charge in [0.25, 0.3) is 0 Å². The molecule has 2 rings (SSSR count). The molecule has 0 saturated heterocycles. The van der Waals surface area contributed by atoms with E-state index in [0.717, 1.165) is 20.3 Å². The van der Waals surface area contributed by atoms with Gasteiger partial charge in [-0.3, -0.25) is 4.79 Å². The lowest BCUT2D eigenvalue weighted by molar-refractivity contribution is 0.1000. The van der Waals surface area contributed by atoms with Crippen LogP contribution in [0.2, 0.25) is 0 Å². The van der Waals surface area contributed by atoms with E-state index in [-0.39, 0.29) is 0 Å². The molecule has 0 spiro atoms. The fourth-order valence-corrected chi connectivity index (χ4v) is 2.67. The third kappa shape index (κ3) is 6.60. The summed E-state index contributed by atoms with van der Waals surface area (Å²) in [4.78, 5) is 10.8. The first-order chi connectivity index (χ1) is 10.9. The number of primary amides is 1. The van der Waals surface area contributed by atoms with E-state index in [0.29, 0.717) is 17.9 Å². The minimum absolute atomic E-state index is 0.432. The SMILES string of the molecule is COc1cc(Br)cc(C(N)=O)c1.COc1cc(Br)cc(CN)c1. The highest BCUT2D eigenvalue weighted by Gasteiger charge is 2.03. The molecule has 1 amide bonds. The van der Waals surface area contributed by atoms with E-state index in [1.807, 2.05) is 18.2 Å². The van der Waals surface area contributed by atoms with Crippen molar-refractivity contribution in [2.24, 2.45) is 11.5 Å². The first kappa shape index (κ1) is 19.5. The Balaban J connectivity index is 0.000000231. The van der Waals surface area contributed by atoms with Crippen LogP contribution in [0.5, 0.6) is 11.5 Å². The van der Waals surface area contributed by atoms with Gasteiger partial charge in [0.1, 0.15) is 11.5 Å². The molecule has 0 unspecified atom stereocenters. The second-order valence-electron chi connectivity index (χ2n) is 4.45. The molecule has 0 saturated carbocycles. The van der Waals surface area contributed by atoms with Crippen LogP contribution >= 0.6 is 31.9 Å². The van der Waals surface area contributed by atoms with E-state index < -0.39 is 5.91 Å². The molecule has 0 atom stereocenters. The Morgan fingerprint density at radius 1 is 0.957 bits per heavy atom. The van der Waals surface area contributed by atoms with Crippen LogP contribution in [-0.4, -0.2) is 20.1 Å². The van der Waals surface area contributed by atoms with Gasteiger partial charge in [0.15, 0.2) is 0 Å². The Labute approximate surface area is 152 Å².